The monoisotopic (exact) mass is 552 g/mol. The van der Waals surface area contributed by atoms with Crippen LogP contribution in [0.15, 0.2) is 133 Å². The number of aromatic nitrogens is 4. The zero-order valence-corrected chi connectivity index (χ0v) is 23.0. The molecule has 5 nitrogen and oxygen atoms in total. The summed E-state index contributed by atoms with van der Waals surface area (Å²) in [6.45, 7) is 0. The number of fused-ring (bicyclic) bond motifs is 7. The fourth-order valence-electron chi connectivity index (χ4n) is 6.48. The number of para-hydroxylation sites is 4. The molecule has 0 unspecified atom stereocenters. The van der Waals surface area contributed by atoms with Crippen molar-refractivity contribution in [3.8, 4) is 34.0 Å². The van der Waals surface area contributed by atoms with E-state index in [1.54, 1.807) is 6.07 Å². The molecule has 0 atom stereocenters. The molecule has 0 aliphatic heterocycles. The smallest absolute Gasteiger partial charge is 0.124 e. The SMILES string of the molecule is Oc1ccccc1-c1ccc2cccc(-n3nc(-c4cccc5c4[nH]c4ccc6ccccc6c45)c4ccccc43)c2n1. The molecule has 0 aliphatic rings. The number of nitrogens with one attached hydrogen (secondary N) is 1. The van der Waals surface area contributed by atoms with Crippen LogP contribution in [0.1, 0.15) is 0 Å². The summed E-state index contributed by atoms with van der Waals surface area (Å²) in [6, 6.07) is 45.2. The summed E-state index contributed by atoms with van der Waals surface area (Å²) in [6.07, 6.45) is 0. The summed E-state index contributed by atoms with van der Waals surface area (Å²) in [5.41, 5.74) is 8.25. The predicted octanol–water partition coefficient (Wildman–Crippen LogP) is 9.40. The molecular weight excluding hydrogens is 528 g/mol. The molecule has 9 rings (SSSR count). The van der Waals surface area contributed by atoms with Crippen molar-refractivity contribution in [2.45, 2.75) is 0 Å². The Balaban J connectivity index is 1.31. The van der Waals surface area contributed by atoms with Gasteiger partial charge >= 0.3 is 0 Å². The van der Waals surface area contributed by atoms with Crippen molar-refractivity contribution in [3.05, 3.63) is 133 Å². The average Bonchev–Trinajstić information content (AvgIpc) is 3.64. The lowest BCUT2D eigenvalue weighted by Crippen LogP contribution is -1.99. The molecule has 0 bridgehead atoms. The fraction of sp³-hybridized carbons (Fsp3) is 0. The highest BCUT2D eigenvalue weighted by molar-refractivity contribution is 6.22. The normalized spacial score (nSPS) is 11.8. The average molecular weight is 553 g/mol. The number of hydrogen-bond acceptors (Lipinski definition) is 3. The Hall–Kier alpha value is -5.94. The Morgan fingerprint density at radius 1 is 0.581 bits per heavy atom. The first-order chi connectivity index (χ1) is 21.2. The van der Waals surface area contributed by atoms with Crippen LogP contribution in [-0.2, 0) is 0 Å². The van der Waals surface area contributed by atoms with Crippen LogP contribution in [0.3, 0.4) is 0 Å². The van der Waals surface area contributed by atoms with Crippen LogP contribution in [0.5, 0.6) is 5.75 Å². The number of pyridine rings is 1. The van der Waals surface area contributed by atoms with Crippen LogP contribution in [0.25, 0.3) is 82.6 Å². The first kappa shape index (κ1) is 23.7. The number of rotatable bonds is 3. The topological polar surface area (TPSA) is 66.7 Å². The molecule has 0 radical (unpaired) electrons. The van der Waals surface area contributed by atoms with Crippen molar-refractivity contribution in [1.82, 2.24) is 19.7 Å². The van der Waals surface area contributed by atoms with Crippen LogP contribution in [0.2, 0.25) is 0 Å². The molecule has 0 aliphatic carbocycles. The van der Waals surface area contributed by atoms with Crippen LogP contribution < -0.4 is 0 Å². The van der Waals surface area contributed by atoms with Gasteiger partial charge in [0.05, 0.1) is 27.9 Å². The molecule has 43 heavy (non-hydrogen) atoms. The van der Waals surface area contributed by atoms with Gasteiger partial charge in [0, 0.05) is 38.2 Å². The van der Waals surface area contributed by atoms with E-state index in [9.17, 15) is 5.11 Å². The van der Waals surface area contributed by atoms with Gasteiger partial charge in [-0.25, -0.2) is 9.67 Å². The molecule has 0 saturated carbocycles. The van der Waals surface area contributed by atoms with Gasteiger partial charge in [-0.05, 0) is 47.2 Å². The maximum Gasteiger partial charge on any atom is 0.124 e. The van der Waals surface area contributed by atoms with E-state index in [1.807, 2.05) is 41.1 Å². The van der Waals surface area contributed by atoms with Crippen molar-refractivity contribution >= 4 is 54.4 Å². The Morgan fingerprint density at radius 2 is 1.30 bits per heavy atom. The maximum absolute atomic E-state index is 10.5. The third-order valence-electron chi connectivity index (χ3n) is 8.47. The number of aromatic amines is 1. The van der Waals surface area contributed by atoms with Crippen LogP contribution in [0.4, 0.5) is 0 Å². The van der Waals surface area contributed by atoms with Gasteiger partial charge in [-0.3, -0.25) is 0 Å². The molecule has 202 valence electrons. The molecule has 6 aromatic carbocycles. The second-order valence-corrected chi connectivity index (χ2v) is 10.9. The van der Waals surface area contributed by atoms with E-state index in [4.69, 9.17) is 10.1 Å². The third kappa shape index (κ3) is 3.52. The van der Waals surface area contributed by atoms with E-state index in [2.05, 4.69) is 96.0 Å². The summed E-state index contributed by atoms with van der Waals surface area (Å²) >= 11 is 0. The first-order valence-corrected chi connectivity index (χ1v) is 14.3. The molecular formula is C38H24N4O. The lowest BCUT2D eigenvalue weighted by molar-refractivity contribution is 0.477. The first-order valence-electron chi connectivity index (χ1n) is 14.3. The van der Waals surface area contributed by atoms with Gasteiger partial charge in [-0.15, -0.1) is 0 Å². The number of aromatic hydroxyl groups is 1. The quantitative estimate of drug-likeness (QED) is 0.229. The summed E-state index contributed by atoms with van der Waals surface area (Å²) in [5, 5.41) is 22.8. The van der Waals surface area contributed by atoms with Gasteiger partial charge in [-0.2, -0.15) is 5.10 Å². The number of phenolic OH excluding ortho intramolecular Hbond substituents is 1. The summed E-state index contributed by atoms with van der Waals surface area (Å²) in [5.74, 6) is 0.206. The third-order valence-corrected chi connectivity index (χ3v) is 8.47. The molecule has 0 saturated heterocycles. The lowest BCUT2D eigenvalue weighted by atomic mass is 10.0. The molecule has 9 aromatic rings. The molecule has 5 heteroatoms. The predicted molar refractivity (Wildman–Crippen MR) is 176 cm³/mol. The highest BCUT2D eigenvalue weighted by Crippen LogP contribution is 2.39. The molecule has 0 amide bonds. The lowest BCUT2D eigenvalue weighted by Gasteiger charge is -2.10. The molecule has 3 aromatic heterocycles. The van der Waals surface area contributed by atoms with E-state index in [-0.39, 0.29) is 5.75 Å². The Kier molecular flexibility index (Phi) is 4.98. The van der Waals surface area contributed by atoms with Gasteiger partial charge < -0.3 is 10.1 Å². The van der Waals surface area contributed by atoms with E-state index in [1.165, 1.54) is 21.5 Å². The van der Waals surface area contributed by atoms with Crippen LogP contribution in [-0.4, -0.2) is 24.9 Å². The van der Waals surface area contributed by atoms with Gasteiger partial charge in [-0.1, -0.05) is 97.1 Å². The van der Waals surface area contributed by atoms with Gasteiger partial charge in [0.1, 0.15) is 11.4 Å². The molecule has 0 spiro atoms. The molecule has 3 heterocycles. The van der Waals surface area contributed by atoms with Crippen molar-refractivity contribution in [2.75, 3.05) is 0 Å². The zero-order valence-electron chi connectivity index (χ0n) is 23.0. The standard InChI is InChI=1S/C38H24N4O/c43-34-18-6-4-12-26(34)30-21-20-24-10-7-17-33(36(24)39-30)42-32-16-5-3-13-27(32)38(41-42)29-15-8-14-28-35-25-11-2-1-9-23(25)19-22-31(35)40-37(28)29/h1-22,40,43H. The van der Waals surface area contributed by atoms with Gasteiger partial charge in [0.15, 0.2) is 0 Å². The second kappa shape index (κ2) is 9.03. The van der Waals surface area contributed by atoms with Gasteiger partial charge in [0.2, 0.25) is 0 Å². The Labute approximate surface area is 246 Å². The van der Waals surface area contributed by atoms with Gasteiger partial charge in [0.25, 0.3) is 0 Å². The number of phenols is 1. The van der Waals surface area contributed by atoms with Crippen molar-refractivity contribution in [3.63, 3.8) is 0 Å². The largest absolute Gasteiger partial charge is 0.507 e. The highest BCUT2D eigenvalue weighted by atomic mass is 16.3. The minimum Gasteiger partial charge on any atom is -0.507 e. The maximum atomic E-state index is 10.5. The van der Waals surface area contributed by atoms with E-state index in [0.29, 0.717) is 11.3 Å². The van der Waals surface area contributed by atoms with Crippen LogP contribution in [0, 0.1) is 0 Å². The van der Waals surface area contributed by atoms with Crippen molar-refractivity contribution in [1.29, 1.82) is 0 Å². The highest BCUT2D eigenvalue weighted by Gasteiger charge is 2.19. The summed E-state index contributed by atoms with van der Waals surface area (Å²) in [7, 11) is 0. The summed E-state index contributed by atoms with van der Waals surface area (Å²) in [4.78, 5) is 8.78. The minimum absolute atomic E-state index is 0.206. The number of benzene rings is 6. The van der Waals surface area contributed by atoms with E-state index in [0.717, 1.165) is 49.8 Å². The Bertz CT molecular complexity index is 2540. The van der Waals surface area contributed by atoms with E-state index < -0.39 is 0 Å². The van der Waals surface area contributed by atoms with Crippen molar-refractivity contribution in [2.24, 2.45) is 0 Å². The fourth-order valence-corrected chi connectivity index (χ4v) is 6.48. The zero-order chi connectivity index (χ0) is 28.5. The van der Waals surface area contributed by atoms with E-state index >= 15 is 0 Å². The second-order valence-electron chi connectivity index (χ2n) is 10.9. The number of H-pyrrole nitrogens is 1. The van der Waals surface area contributed by atoms with Crippen molar-refractivity contribution < 1.29 is 5.11 Å². The minimum atomic E-state index is 0.206. The molecule has 2 N–H and O–H groups in total. The summed E-state index contributed by atoms with van der Waals surface area (Å²) < 4.78 is 2.01. The molecule has 0 fully saturated rings. The Morgan fingerprint density at radius 3 is 2.23 bits per heavy atom. The number of hydrogen-bond donors (Lipinski definition) is 2. The number of nitrogens with zero attached hydrogens (tertiary/aromatic N) is 3. The van der Waals surface area contributed by atoms with Crippen LogP contribution >= 0.6 is 0 Å².